The number of carbonyl (C=O) groups is 2. The highest BCUT2D eigenvalue weighted by Gasteiger charge is 2.23. The first-order chi connectivity index (χ1) is 8.50. The highest BCUT2D eigenvalue weighted by molar-refractivity contribution is 5.83. The van der Waals surface area contributed by atoms with Crippen molar-refractivity contribution in [3.63, 3.8) is 0 Å². The second kappa shape index (κ2) is 7.39. The van der Waals surface area contributed by atoms with Gasteiger partial charge in [-0.05, 0) is 18.3 Å². The fourth-order valence-electron chi connectivity index (χ4n) is 2.57. The molecule has 0 aromatic rings. The van der Waals surface area contributed by atoms with Gasteiger partial charge in [0, 0.05) is 6.42 Å². The summed E-state index contributed by atoms with van der Waals surface area (Å²) in [6, 6.07) is -0.760. The van der Waals surface area contributed by atoms with Gasteiger partial charge in [-0.1, -0.05) is 46.0 Å². The van der Waals surface area contributed by atoms with Crippen LogP contribution in [-0.4, -0.2) is 23.0 Å². The molecule has 0 bridgehead atoms. The zero-order chi connectivity index (χ0) is 13.5. The van der Waals surface area contributed by atoms with E-state index in [9.17, 15) is 9.59 Å². The molecule has 18 heavy (non-hydrogen) atoms. The highest BCUT2D eigenvalue weighted by Crippen LogP contribution is 2.27. The van der Waals surface area contributed by atoms with Gasteiger partial charge >= 0.3 is 5.97 Å². The monoisotopic (exact) mass is 255 g/mol. The molecule has 2 N–H and O–H groups in total. The Morgan fingerprint density at radius 1 is 1.22 bits per heavy atom. The molecule has 0 saturated heterocycles. The third-order valence-corrected chi connectivity index (χ3v) is 3.75. The number of aliphatic carboxylic acids is 1. The van der Waals surface area contributed by atoms with Crippen LogP contribution in [0.25, 0.3) is 0 Å². The maximum absolute atomic E-state index is 11.7. The van der Waals surface area contributed by atoms with Gasteiger partial charge in [-0.2, -0.15) is 0 Å². The average Bonchev–Trinajstić information content (AvgIpc) is 2.34. The van der Waals surface area contributed by atoms with Gasteiger partial charge in [0.15, 0.2) is 0 Å². The Balaban J connectivity index is 2.29. The Labute approximate surface area is 109 Å². The zero-order valence-corrected chi connectivity index (χ0v) is 11.4. The second-order valence-corrected chi connectivity index (χ2v) is 5.67. The average molecular weight is 255 g/mol. The normalized spacial score (nSPS) is 18.6. The molecular weight excluding hydrogens is 230 g/mol. The number of hydrogen-bond donors (Lipinski definition) is 2. The molecule has 4 nitrogen and oxygen atoms in total. The van der Waals surface area contributed by atoms with Crippen molar-refractivity contribution in [3.05, 3.63) is 0 Å². The largest absolute Gasteiger partial charge is 0.480 e. The molecule has 0 aromatic heterocycles. The van der Waals surface area contributed by atoms with E-state index in [1.165, 1.54) is 32.1 Å². The first-order valence-electron chi connectivity index (χ1n) is 7.03. The number of rotatable bonds is 6. The molecule has 0 unspecified atom stereocenters. The van der Waals surface area contributed by atoms with Crippen molar-refractivity contribution in [1.82, 2.24) is 5.32 Å². The number of carbonyl (C=O) groups excluding carboxylic acids is 1. The van der Waals surface area contributed by atoms with E-state index in [1.807, 2.05) is 0 Å². The van der Waals surface area contributed by atoms with Gasteiger partial charge in [0.05, 0.1) is 0 Å². The molecular formula is C14H25NO3. The van der Waals surface area contributed by atoms with Crippen molar-refractivity contribution < 1.29 is 14.7 Å². The van der Waals surface area contributed by atoms with Crippen LogP contribution in [-0.2, 0) is 9.59 Å². The van der Waals surface area contributed by atoms with Gasteiger partial charge in [0.1, 0.15) is 6.04 Å². The van der Waals surface area contributed by atoms with Gasteiger partial charge in [0.2, 0.25) is 5.91 Å². The number of carboxylic acids is 1. The van der Waals surface area contributed by atoms with Crippen LogP contribution in [0.3, 0.4) is 0 Å². The summed E-state index contributed by atoms with van der Waals surface area (Å²) in [6.45, 7) is 3.61. The van der Waals surface area contributed by atoms with Gasteiger partial charge < -0.3 is 10.4 Å². The number of nitrogens with one attached hydrogen (secondary N) is 1. The quantitative estimate of drug-likeness (QED) is 0.766. The lowest BCUT2D eigenvalue weighted by Crippen LogP contribution is -2.44. The standard InChI is InChI=1S/C14H25NO3/c1-10(2)13(14(17)18)15-12(16)9-8-11-6-4-3-5-7-11/h10-11,13H,3-9H2,1-2H3,(H,15,16)(H,17,18)/t13-/m0/s1. The Hall–Kier alpha value is -1.06. The summed E-state index contributed by atoms with van der Waals surface area (Å²) in [5.41, 5.74) is 0. The van der Waals surface area contributed by atoms with Crippen LogP contribution < -0.4 is 5.32 Å². The van der Waals surface area contributed by atoms with Crippen LogP contribution >= 0.6 is 0 Å². The molecule has 1 amide bonds. The van der Waals surface area contributed by atoms with Crippen molar-refractivity contribution >= 4 is 11.9 Å². The summed E-state index contributed by atoms with van der Waals surface area (Å²) in [5, 5.41) is 11.6. The molecule has 1 fully saturated rings. The summed E-state index contributed by atoms with van der Waals surface area (Å²) < 4.78 is 0. The SMILES string of the molecule is CC(C)[C@H](NC(=O)CCC1CCCCC1)C(=O)O. The molecule has 0 heterocycles. The van der Waals surface area contributed by atoms with Crippen molar-refractivity contribution in [1.29, 1.82) is 0 Å². The Morgan fingerprint density at radius 3 is 2.33 bits per heavy atom. The van der Waals surface area contributed by atoms with E-state index in [0.717, 1.165) is 6.42 Å². The maximum atomic E-state index is 11.7. The summed E-state index contributed by atoms with van der Waals surface area (Å²) in [4.78, 5) is 22.7. The van der Waals surface area contributed by atoms with Crippen LogP contribution in [0, 0.1) is 11.8 Å². The van der Waals surface area contributed by atoms with E-state index in [0.29, 0.717) is 12.3 Å². The predicted octanol–water partition coefficient (Wildman–Crippen LogP) is 2.57. The van der Waals surface area contributed by atoms with Crippen LogP contribution in [0.4, 0.5) is 0 Å². The molecule has 1 atom stereocenters. The zero-order valence-electron chi connectivity index (χ0n) is 11.4. The maximum Gasteiger partial charge on any atom is 0.326 e. The van der Waals surface area contributed by atoms with Crippen LogP contribution in [0.5, 0.6) is 0 Å². The molecule has 0 spiro atoms. The lowest BCUT2D eigenvalue weighted by molar-refractivity contribution is -0.143. The molecule has 0 aromatic carbocycles. The molecule has 1 rings (SSSR count). The molecule has 1 saturated carbocycles. The van der Waals surface area contributed by atoms with E-state index < -0.39 is 12.0 Å². The summed E-state index contributed by atoms with van der Waals surface area (Å²) in [5.74, 6) is -0.495. The van der Waals surface area contributed by atoms with Crippen LogP contribution in [0.2, 0.25) is 0 Å². The molecule has 1 aliphatic carbocycles. The Kier molecular flexibility index (Phi) is 6.16. The summed E-state index contributed by atoms with van der Waals surface area (Å²) >= 11 is 0. The van der Waals surface area contributed by atoms with Crippen molar-refractivity contribution in [2.45, 2.75) is 64.8 Å². The minimum Gasteiger partial charge on any atom is -0.480 e. The first kappa shape index (κ1) is 15.0. The fourth-order valence-corrected chi connectivity index (χ4v) is 2.57. The first-order valence-corrected chi connectivity index (χ1v) is 7.03. The van der Waals surface area contributed by atoms with Crippen LogP contribution in [0.1, 0.15) is 58.8 Å². The molecule has 1 aliphatic rings. The van der Waals surface area contributed by atoms with Crippen molar-refractivity contribution in [3.8, 4) is 0 Å². The third-order valence-electron chi connectivity index (χ3n) is 3.75. The van der Waals surface area contributed by atoms with E-state index in [-0.39, 0.29) is 11.8 Å². The number of hydrogen-bond acceptors (Lipinski definition) is 2. The minimum atomic E-state index is -0.948. The Bertz CT molecular complexity index is 283. The lowest BCUT2D eigenvalue weighted by Gasteiger charge is -2.22. The van der Waals surface area contributed by atoms with Crippen molar-refractivity contribution in [2.75, 3.05) is 0 Å². The van der Waals surface area contributed by atoms with Gasteiger partial charge in [-0.25, -0.2) is 4.79 Å². The number of carboxylic acid groups (broad SMARTS) is 1. The summed E-state index contributed by atoms with van der Waals surface area (Å²) in [7, 11) is 0. The molecule has 104 valence electrons. The third kappa shape index (κ3) is 5.07. The smallest absolute Gasteiger partial charge is 0.326 e. The molecule has 4 heteroatoms. The van der Waals surface area contributed by atoms with E-state index in [2.05, 4.69) is 5.32 Å². The fraction of sp³-hybridized carbons (Fsp3) is 0.857. The lowest BCUT2D eigenvalue weighted by atomic mass is 9.86. The van der Waals surface area contributed by atoms with E-state index in [1.54, 1.807) is 13.8 Å². The molecule has 0 radical (unpaired) electrons. The van der Waals surface area contributed by atoms with E-state index >= 15 is 0 Å². The minimum absolute atomic E-state index is 0.0823. The van der Waals surface area contributed by atoms with Crippen LogP contribution in [0.15, 0.2) is 0 Å². The highest BCUT2D eigenvalue weighted by atomic mass is 16.4. The van der Waals surface area contributed by atoms with E-state index in [4.69, 9.17) is 5.11 Å². The Morgan fingerprint density at radius 2 is 1.83 bits per heavy atom. The molecule has 0 aliphatic heterocycles. The van der Waals surface area contributed by atoms with Gasteiger partial charge in [-0.3, -0.25) is 4.79 Å². The predicted molar refractivity (Wildman–Crippen MR) is 70.2 cm³/mol. The summed E-state index contributed by atoms with van der Waals surface area (Å²) in [6.07, 6.45) is 7.67. The number of amides is 1. The second-order valence-electron chi connectivity index (χ2n) is 5.67. The van der Waals surface area contributed by atoms with Gasteiger partial charge in [-0.15, -0.1) is 0 Å². The van der Waals surface area contributed by atoms with Gasteiger partial charge in [0.25, 0.3) is 0 Å². The topological polar surface area (TPSA) is 66.4 Å². The van der Waals surface area contributed by atoms with Crippen molar-refractivity contribution in [2.24, 2.45) is 11.8 Å².